The van der Waals surface area contributed by atoms with Gasteiger partial charge in [0.05, 0.1) is 20.3 Å². The number of aliphatic carboxylic acids is 1. The highest BCUT2D eigenvalue weighted by atomic mass is 79.9. The zero-order valence-electron chi connectivity index (χ0n) is 27.4. The van der Waals surface area contributed by atoms with Crippen molar-refractivity contribution in [1.29, 1.82) is 0 Å². The Bertz CT molecular complexity index is 1070. The monoisotopic (exact) mass is 687 g/mol. The van der Waals surface area contributed by atoms with Gasteiger partial charge in [-0.05, 0) is 97.4 Å². The second-order valence-corrected chi connectivity index (χ2v) is 22.5. The van der Waals surface area contributed by atoms with Crippen molar-refractivity contribution in [2.24, 2.45) is 11.8 Å². The van der Waals surface area contributed by atoms with Crippen LogP contribution in [-0.4, -0.2) is 51.6 Å². The molecule has 1 aromatic rings. The molecule has 2 unspecified atom stereocenters. The van der Waals surface area contributed by atoms with Gasteiger partial charge in [0.15, 0.2) is 14.1 Å². The maximum Gasteiger partial charge on any atom is 0.317 e. The van der Waals surface area contributed by atoms with Crippen molar-refractivity contribution in [3.8, 4) is 0 Å². The summed E-state index contributed by atoms with van der Waals surface area (Å²) in [6, 6.07) is 0. The van der Waals surface area contributed by atoms with Gasteiger partial charge in [0.2, 0.25) is 0 Å². The Labute approximate surface area is 267 Å². The highest BCUT2D eigenvalue weighted by Gasteiger charge is 2.40. The van der Waals surface area contributed by atoms with Crippen LogP contribution in [0.4, 0.5) is 0 Å². The lowest BCUT2D eigenvalue weighted by Crippen LogP contribution is -2.41. The predicted molar refractivity (Wildman–Crippen MR) is 185 cm³/mol. The molecule has 0 aliphatic carbocycles. The average molecular weight is 689 g/mol. The zero-order valence-corrected chi connectivity index (χ0v) is 31.6. The number of hydrogen-bond donors (Lipinski definition) is 1. The number of hydrogen-bond acceptors (Lipinski definition) is 6. The number of carbonyl (C=O) groups is 2. The number of allylic oxidation sites excluding steroid dienone is 3. The lowest BCUT2D eigenvalue weighted by atomic mass is 9.90. The SMILES string of the molecule is C/C(=C/C[C@@H](/C(C)=C/c1csc(C)n1)C(SC(C)(C)C(=O)C(C)Br)C(=O)O)CCC[C@H](C)CO[Si](C)(C)C(C)(C)C. The topological polar surface area (TPSA) is 76.5 Å². The Morgan fingerprint density at radius 2 is 1.80 bits per heavy atom. The minimum Gasteiger partial charge on any atom is -0.480 e. The smallest absolute Gasteiger partial charge is 0.317 e. The van der Waals surface area contributed by atoms with Crippen LogP contribution in [0.5, 0.6) is 0 Å². The van der Waals surface area contributed by atoms with E-state index in [2.05, 4.69) is 74.7 Å². The van der Waals surface area contributed by atoms with E-state index in [1.165, 1.54) is 17.3 Å². The van der Waals surface area contributed by atoms with Crippen LogP contribution in [-0.2, 0) is 14.0 Å². The van der Waals surface area contributed by atoms with Crippen LogP contribution in [0, 0.1) is 18.8 Å². The number of ketones is 1. The molecule has 0 spiro atoms. The second-order valence-electron chi connectivity index (χ2n) is 13.5. The molecule has 0 saturated heterocycles. The quantitative estimate of drug-likeness (QED) is 0.0998. The summed E-state index contributed by atoms with van der Waals surface area (Å²) < 4.78 is 5.57. The third-order valence-electron chi connectivity index (χ3n) is 8.11. The minimum atomic E-state index is -1.74. The van der Waals surface area contributed by atoms with E-state index in [1.54, 1.807) is 18.3 Å². The van der Waals surface area contributed by atoms with Gasteiger partial charge in [0, 0.05) is 17.9 Å². The number of rotatable bonds is 17. The first-order chi connectivity index (χ1) is 18.7. The first-order valence-electron chi connectivity index (χ1n) is 14.7. The highest BCUT2D eigenvalue weighted by Crippen LogP contribution is 2.40. The maximum atomic E-state index is 12.9. The third kappa shape index (κ3) is 12.8. The molecular weight excluding hydrogens is 634 g/mol. The Hall–Kier alpha value is -0.743. The molecule has 4 atom stereocenters. The van der Waals surface area contributed by atoms with Gasteiger partial charge in [-0.25, -0.2) is 4.98 Å². The van der Waals surface area contributed by atoms with Crippen molar-refractivity contribution in [2.45, 2.75) is 128 Å². The molecule has 0 aliphatic heterocycles. The van der Waals surface area contributed by atoms with Crippen LogP contribution >= 0.6 is 39.0 Å². The van der Waals surface area contributed by atoms with Gasteiger partial charge < -0.3 is 9.53 Å². The van der Waals surface area contributed by atoms with Crippen LogP contribution in [0.3, 0.4) is 0 Å². The van der Waals surface area contributed by atoms with E-state index in [0.717, 1.165) is 42.1 Å². The molecule has 0 radical (unpaired) electrons. The van der Waals surface area contributed by atoms with Gasteiger partial charge >= 0.3 is 5.97 Å². The fraction of sp³-hybridized carbons (Fsp3) is 0.719. The fourth-order valence-electron chi connectivity index (χ4n) is 4.30. The molecule has 1 rings (SSSR count). The number of thioether (sulfide) groups is 1. The van der Waals surface area contributed by atoms with Crippen molar-refractivity contribution in [2.75, 3.05) is 6.61 Å². The van der Waals surface area contributed by atoms with Gasteiger partial charge in [0.25, 0.3) is 0 Å². The molecule has 1 aromatic heterocycles. The lowest BCUT2D eigenvalue weighted by Gasteiger charge is -2.37. The lowest BCUT2D eigenvalue weighted by molar-refractivity contribution is -0.137. The predicted octanol–water partition coefficient (Wildman–Crippen LogP) is 9.95. The van der Waals surface area contributed by atoms with Gasteiger partial charge in [-0.15, -0.1) is 23.1 Å². The summed E-state index contributed by atoms with van der Waals surface area (Å²) in [6.07, 6.45) is 7.94. The number of Topliss-reactive ketones (excluding diaryl/α,β-unsaturated/α-hetero) is 1. The van der Waals surface area contributed by atoms with Crippen molar-refractivity contribution < 1.29 is 19.1 Å². The highest BCUT2D eigenvalue weighted by molar-refractivity contribution is 9.10. The van der Waals surface area contributed by atoms with E-state index < -0.39 is 24.3 Å². The summed E-state index contributed by atoms with van der Waals surface area (Å²) in [4.78, 5) is 29.8. The Balaban J connectivity index is 3.04. The molecule has 234 valence electrons. The number of thiazole rings is 1. The molecule has 1 heterocycles. The molecule has 41 heavy (non-hydrogen) atoms. The zero-order chi connectivity index (χ0) is 31.8. The standard InChI is InChI=1S/C32H54BrNO4S2Si/c1-21(14-13-15-22(2)19-38-41(11,12)31(6,7)8)16-17-27(23(3)18-26-20-39-25(5)34-26)28(30(36)37)40-32(9,10)29(35)24(4)33/h16,18,20,22,24,27-28H,13-15,17,19H2,1-12H3,(H,36,37)/b21-16-,23-18+/t22-,24?,27-,28?/m0/s1. The Morgan fingerprint density at radius 1 is 1.20 bits per heavy atom. The van der Waals surface area contributed by atoms with E-state index in [-0.39, 0.29) is 21.6 Å². The van der Waals surface area contributed by atoms with Crippen molar-refractivity contribution in [1.82, 2.24) is 4.98 Å². The third-order valence-corrected chi connectivity index (χ3v) is 15.4. The molecule has 9 heteroatoms. The summed E-state index contributed by atoms with van der Waals surface area (Å²) in [6.45, 7) is 26.0. The number of alkyl halides is 1. The van der Waals surface area contributed by atoms with Crippen LogP contribution in [0.1, 0.15) is 98.7 Å². The van der Waals surface area contributed by atoms with E-state index >= 15 is 0 Å². The first kappa shape index (κ1) is 38.3. The van der Waals surface area contributed by atoms with Gasteiger partial charge in [0.1, 0.15) is 5.25 Å². The summed E-state index contributed by atoms with van der Waals surface area (Å²) in [7, 11) is -1.74. The normalized spacial score (nSPS) is 16.8. The first-order valence-corrected chi connectivity index (χ1v) is 20.2. The number of carbonyl (C=O) groups excluding carboxylic acids is 1. The van der Waals surface area contributed by atoms with Gasteiger partial charge in [-0.1, -0.05) is 60.8 Å². The molecule has 0 amide bonds. The fourth-order valence-corrected chi connectivity index (χ4v) is 8.25. The number of nitrogens with zero attached hydrogens (tertiary/aromatic N) is 1. The number of carboxylic acids is 1. The van der Waals surface area contributed by atoms with E-state index in [0.29, 0.717) is 12.3 Å². The largest absolute Gasteiger partial charge is 0.480 e. The minimum absolute atomic E-state index is 0.0114. The van der Waals surface area contributed by atoms with Crippen LogP contribution in [0.25, 0.3) is 6.08 Å². The molecule has 0 saturated carbocycles. The molecule has 5 nitrogen and oxygen atoms in total. The number of aromatic nitrogens is 1. The van der Waals surface area contributed by atoms with E-state index in [4.69, 9.17) is 4.43 Å². The van der Waals surface area contributed by atoms with Crippen molar-refractivity contribution >= 4 is 65.2 Å². The Morgan fingerprint density at radius 3 is 2.29 bits per heavy atom. The van der Waals surface area contributed by atoms with Crippen LogP contribution < -0.4 is 0 Å². The summed E-state index contributed by atoms with van der Waals surface area (Å²) in [5, 5.41) is 12.8. The van der Waals surface area contributed by atoms with Gasteiger partial charge in [-0.2, -0.15) is 0 Å². The number of aryl methyl sites for hydroxylation is 1. The average Bonchev–Trinajstić information content (AvgIpc) is 3.24. The van der Waals surface area contributed by atoms with Crippen LogP contribution in [0.2, 0.25) is 18.1 Å². The summed E-state index contributed by atoms with van der Waals surface area (Å²) in [5.74, 6) is -0.681. The second kappa shape index (κ2) is 16.4. The maximum absolute atomic E-state index is 12.9. The molecule has 0 fully saturated rings. The molecule has 0 bridgehead atoms. The number of halogens is 1. The van der Waals surface area contributed by atoms with Crippen LogP contribution in [0.15, 0.2) is 22.6 Å². The van der Waals surface area contributed by atoms with Crippen molar-refractivity contribution in [3.63, 3.8) is 0 Å². The molecule has 1 N–H and O–H groups in total. The van der Waals surface area contributed by atoms with E-state index in [1.807, 2.05) is 39.2 Å². The van der Waals surface area contributed by atoms with Gasteiger partial charge in [-0.3, -0.25) is 9.59 Å². The molecule has 0 aliphatic rings. The molecule has 0 aromatic carbocycles. The van der Waals surface area contributed by atoms with Crippen molar-refractivity contribution in [3.05, 3.63) is 33.3 Å². The Kier molecular flexibility index (Phi) is 15.3. The molecular formula is C32H54BrNO4S2Si. The summed E-state index contributed by atoms with van der Waals surface area (Å²) in [5.41, 5.74) is 3.08. The number of carboxylic acid groups (broad SMARTS) is 1. The van der Waals surface area contributed by atoms with E-state index in [9.17, 15) is 14.7 Å². The summed E-state index contributed by atoms with van der Waals surface area (Å²) >= 11 is 6.21.